The van der Waals surface area contributed by atoms with E-state index in [1.54, 1.807) is 0 Å². The zero-order valence-corrected chi connectivity index (χ0v) is 17.7. The van der Waals surface area contributed by atoms with Crippen LogP contribution in [0.25, 0.3) is 11.0 Å². The summed E-state index contributed by atoms with van der Waals surface area (Å²) in [5, 5.41) is 3.01. The number of aromatic amines is 1. The average Bonchev–Trinajstić information content (AvgIpc) is 3.53. The van der Waals surface area contributed by atoms with Crippen LogP contribution in [-0.4, -0.2) is 28.6 Å². The van der Waals surface area contributed by atoms with E-state index < -0.39 is 0 Å². The lowest BCUT2D eigenvalue weighted by Crippen LogP contribution is -2.13. The summed E-state index contributed by atoms with van der Waals surface area (Å²) in [6.07, 6.45) is 8.36. The molecular formula is C25H29N3O3. The molecule has 5 rings (SSSR count). The number of hydrogen-bond donors (Lipinski definition) is 2. The molecule has 2 aliphatic rings. The van der Waals surface area contributed by atoms with Gasteiger partial charge in [0.25, 0.3) is 0 Å². The van der Waals surface area contributed by atoms with Crippen molar-refractivity contribution in [1.82, 2.24) is 9.97 Å². The Hall–Kier alpha value is -2.86. The van der Waals surface area contributed by atoms with Crippen LogP contribution in [0.4, 0.5) is 5.69 Å². The first-order valence-corrected chi connectivity index (χ1v) is 11.4. The standard InChI is InChI=1S/C25H29N3O3/c29-24(13-10-17-5-3-8-20(15-17)31-19-6-1-2-7-19)26-18-11-12-21-22(16-18)28-25(27-21)23-9-4-14-30-23/h3,5,8,11-12,15-16,19,23H,1-2,4,6-7,9-10,13-14H2,(H,26,29)(H,27,28). The third kappa shape index (κ3) is 4.90. The molecule has 1 atom stereocenters. The van der Waals surface area contributed by atoms with Gasteiger partial charge in [-0.05, 0) is 80.8 Å². The lowest BCUT2D eigenvalue weighted by Gasteiger charge is -2.13. The summed E-state index contributed by atoms with van der Waals surface area (Å²) in [5.74, 6) is 1.78. The van der Waals surface area contributed by atoms with E-state index in [2.05, 4.69) is 27.4 Å². The van der Waals surface area contributed by atoms with Crippen molar-refractivity contribution in [2.45, 2.75) is 63.6 Å². The predicted octanol–water partition coefficient (Wildman–Crippen LogP) is 5.31. The average molecular weight is 420 g/mol. The summed E-state index contributed by atoms with van der Waals surface area (Å²) in [5.41, 5.74) is 3.71. The second kappa shape index (κ2) is 9.10. The van der Waals surface area contributed by atoms with E-state index in [9.17, 15) is 4.79 Å². The molecule has 2 fully saturated rings. The highest BCUT2D eigenvalue weighted by atomic mass is 16.5. The first kappa shape index (κ1) is 20.1. The number of anilines is 1. The van der Waals surface area contributed by atoms with Crippen LogP contribution in [0, 0.1) is 0 Å². The second-order valence-electron chi connectivity index (χ2n) is 8.58. The molecule has 0 radical (unpaired) electrons. The molecule has 1 aliphatic carbocycles. The third-order valence-electron chi connectivity index (χ3n) is 6.16. The fraction of sp³-hybridized carbons (Fsp3) is 0.440. The van der Waals surface area contributed by atoms with Crippen molar-refractivity contribution in [3.8, 4) is 5.75 Å². The Bertz CT molecular complexity index is 1050. The molecule has 1 unspecified atom stereocenters. The van der Waals surface area contributed by atoms with Crippen LogP contribution < -0.4 is 10.1 Å². The van der Waals surface area contributed by atoms with Crippen molar-refractivity contribution in [2.75, 3.05) is 11.9 Å². The molecule has 31 heavy (non-hydrogen) atoms. The minimum Gasteiger partial charge on any atom is -0.490 e. The maximum atomic E-state index is 12.5. The van der Waals surface area contributed by atoms with Crippen molar-refractivity contribution >= 4 is 22.6 Å². The number of rotatable bonds is 7. The number of aryl methyl sites for hydroxylation is 1. The molecular weight excluding hydrogens is 390 g/mol. The van der Waals surface area contributed by atoms with Gasteiger partial charge < -0.3 is 19.8 Å². The number of aromatic nitrogens is 2. The van der Waals surface area contributed by atoms with E-state index in [0.29, 0.717) is 18.9 Å². The number of nitrogens with one attached hydrogen (secondary N) is 2. The Morgan fingerprint density at radius 3 is 2.87 bits per heavy atom. The van der Waals surface area contributed by atoms with E-state index in [-0.39, 0.29) is 12.0 Å². The van der Waals surface area contributed by atoms with Gasteiger partial charge in [-0.25, -0.2) is 4.98 Å². The van der Waals surface area contributed by atoms with Gasteiger partial charge in [0.2, 0.25) is 5.91 Å². The van der Waals surface area contributed by atoms with E-state index in [0.717, 1.165) is 66.1 Å². The first-order valence-electron chi connectivity index (χ1n) is 11.4. The Kier molecular flexibility index (Phi) is 5.89. The van der Waals surface area contributed by atoms with Crippen molar-refractivity contribution in [3.05, 3.63) is 53.9 Å². The summed E-state index contributed by atoms with van der Waals surface area (Å²) >= 11 is 0. The summed E-state index contributed by atoms with van der Waals surface area (Å²) < 4.78 is 11.8. The summed E-state index contributed by atoms with van der Waals surface area (Å²) in [6, 6.07) is 13.9. The monoisotopic (exact) mass is 419 g/mol. The number of fused-ring (bicyclic) bond motifs is 1. The van der Waals surface area contributed by atoms with E-state index in [1.165, 1.54) is 12.8 Å². The number of nitrogens with zero attached hydrogens (tertiary/aromatic N) is 1. The van der Waals surface area contributed by atoms with E-state index >= 15 is 0 Å². The van der Waals surface area contributed by atoms with E-state index in [1.807, 2.05) is 30.3 Å². The van der Waals surface area contributed by atoms with Crippen molar-refractivity contribution in [1.29, 1.82) is 0 Å². The summed E-state index contributed by atoms with van der Waals surface area (Å²) in [7, 11) is 0. The highest BCUT2D eigenvalue weighted by molar-refractivity contribution is 5.93. The number of hydrogen-bond acceptors (Lipinski definition) is 4. The lowest BCUT2D eigenvalue weighted by atomic mass is 10.1. The quantitative estimate of drug-likeness (QED) is 0.544. The molecule has 6 nitrogen and oxygen atoms in total. The second-order valence-corrected chi connectivity index (χ2v) is 8.58. The number of imidazole rings is 1. The van der Waals surface area contributed by atoms with Crippen LogP contribution >= 0.6 is 0 Å². The fourth-order valence-corrected chi connectivity index (χ4v) is 4.51. The maximum Gasteiger partial charge on any atom is 0.224 e. The van der Waals surface area contributed by atoms with Gasteiger partial charge in [0, 0.05) is 18.7 Å². The maximum absolute atomic E-state index is 12.5. The molecule has 1 saturated heterocycles. The van der Waals surface area contributed by atoms with Gasteiger partial charge in [-0.1, -0.05) is 12.1 Å². The van der Waals surface area contributed by atoms with Gasteiger partial charge in [0.15, 0.2) is 0 Å². The molecule has 3 aromatic rings. The molecule has 1 aliphatic heterocycles. The molecule has 2 aromatic carbocycles. The molecule has 1 aromatic heterocycles. The molecule has 1 saturated carbocycles. The Balaban J connectivity index is 1.17. The highest BCUT2D eigenvalue weighted by Gasteiger charge is 2.21. The van der Waals surface area contributed by atoms with Crippen LogP contribution in [0.15, 0.2) is 42.5 Å². The zero-order valence-electron chi connectivity index (χ0n) is 17.7. The molecule has 6 heteroatoms. The van der Waals surface area contributed by atoms with Crippen molar-refractivity contribution in [3.63, 3.8) is 0 Å². The highest BCUT2D eigenvalue weighted by Crippen LogP contribution is 2.29. The molecule has 0 bridgehead atoms. The summed E-state index contributed by atoms with van der Waals surface area (Å²) in [6.45, 7) is 0.790. The van der Waals surface area contributed by atoms with Crippen molar-refractivity contribution < 1.29 is 14.3 Å². The fourth-order valence-electron chi connectivity index (χ4n) is 4.51. The predicted molar refractivity (Wildman–Crippen MR) is 120 cm³/mol. The number of amides is 1. The molecule has 1 amide bonds. The van der Waals surface area contributed by atoms with Gasteiger partial charge >= 0.3 is 0 Å². The van der Waals surface area contributed by atoms with Crippen LogP contribution in [0.5, 0.6) is 5.75 Å². The first-order chi connectivity index (χ1) is 15.2. The molecule has 0 spiro atoms. The number of H-pyrrole nitrogens is 1. The Morgan fingerprint density at radius 1 is 1.13 bits per heavy atom. The number of carbonyl (C=O) groups excluding carboxylic acids is 1. The van der Waals surface area contributed by atoms with Crippen LogP contribution in [0.3, 0.4) is 0 Å². The van der Waals surface area contributed by atoms with Crippen LogP contribution in [0.1, 0.15) is 62.4 Å². The number of carbonyl (C=O) groups is 1. The normalized spacial score (nSPS) is 19.2. The minimum absolute atomic E-state index is 0.000305. The van der Waals surface area contributed by atoms with Gasteiger partial charge in [0.1, 0.15) is 17.7 Å². The topological polar surface area (TPSA) is 76.2 Å². The number of benzene rings is 2. The SMILES string of the molecule is O=C(CCc1cccc(OC2CCCC2)c1)Nc1ccc2nc(C3CCCO3)[nH]c2c1. The Labute approximate surface area is 182 Å². The van der Waals surface area contributed by atoms with Crippen LogP contribution in [-0.2, 0) is 16.0 Å². The van der Waals surface area contributed by atoms with E-state index in [4.69, 9.17) is 9.47 Å². The van der Waals surface area contributed by atoms with Gasteiger partial charge in [0.05, 0.1) is 17.1 Å². The summed E-state index contributed by atoms with van der Waals surface area (Å²) in [4.78, 5) is 20.5. The number of ether oxygens (including phenoxy) is 2. The third-order valence-corrected chi connectivity index (χ3v) is 6.16. The lowest BCUT2D eigenvalue weighted by molar-refractivity contribution is -0.116. The van der Waals surface area contributed by atoms with Gasteiger partial charge in [-0.3, -0.25) is 4.79 Å². The minimum atomic E-state index is 0.000305. The molecule has 162 valence electrons. The Morgan fingerprint density at radius 2 is 2.03 bits per heavy atom. The molecule has 2 heterocycles. The zero-order chi connectivity index (χ0) is 21.0. The van der Waals surface area contributed by atoms with Crippen molar-refractivity contribution in [2.24, 2.45) is 0 Å². The molecule has 2 N–H and O–H groups in total. The largest absolute Gasteiger partial charge is 0.490 e. The smallest absolute Gasteiger partial charge is 0.224 e. The van der Waals surface area contributed by atoms with Gasteiger partial charge in [-0.2, -0.15) is 0 Å². The van der Waals surface area contributed by atoms with Gasteiger partial charge in [-0.15, -0.1) is 0 Å². The van der Waals surface area contributed by atoms with Crippen LogP contribution in [0.2, 0.25) is 0 Å².